The predicted molar refractivity (Wildman–Crippen MR) is 48.1 cm³/mol. The first-order chi connectivity index (χ1) is 4.85. The molecular weight excluding hydrogens is 120 g/mol. The monoisotopic (exact) mass is 138 g/mol. The van der Waals surface area contributed by atoms with Crippen molar-refractivity contribution >= 4 is 0 Å². The third kappa shape index (κ3) is 4.37. The Morgan fingerprint density at radius 1 is 1.40 bits per heavy atom. The molecule has 0 fully saturated rings. The summed E-state index contributed by atoms with van der Waals surface area (Å²) in [5.41, 5.74) is 1.38. The Balaban J connectivity index is 3.36. The van der Waals surface area contributed by atoms with Gasteiger partial charge < -0.3 is 0 Å². The van der Waals surface area contributed by atoms with Crippen molar-refractivity contribution in [3.63, 3.8) is 0 Å². The standard InChI is InChI=1S/C10H18/c1-4-7-8-9-10(5-2)6-3/h5-6H,2,4,7-9H2,1,3H3. The minimum absolute atomic E-state index is 1.20. The fourth-order valence-corrected chi connectivity index (χ4v) is 0.943. The predicted octanol–water partition coefficient (Wildman–Crippen LogP) is 3.70. The molecule has 0 amide bonds. The van der Waals surface area contributed by atoms with Crippen LogP contribution in [0.3, 0.4) is 0 Å². The van der Waals surface area contributed by atoms with Gasteiger partial charge in [0, 0.05) is 0 Å². The summed E-state index contributed by atoms with van der Waals surface area (Å²) in [5.74, 6) is 0. The highest BCUT2D eigenvalue weighted by Crippen LogP contribution is 2.08. The number of allylic oxidation sites excluding steroid dienone is 3. The summed E-state index contributed by atoms with van der Waals surface area (Å²) in [4.78, 5) is 0. The summed E-state index contributed by atoms with van der Waals surface area (Å²) in [6, 6.07) is 0. The van der Waals surface area contributed by atoms with E-state index in [1.54, 1.807) is 0 Å². The zero-order chi connectivity index (χ0) is 7.82. The molecule has 0 nitrogen and oxygen atoms in total. The van der Waals surface area contributed by atoms with Crippen molar-refractivity contribution in [2.24, 2.45) is 0 Å². The van der Waals surface area contributed by atoms with Gasteiger partial charge in [0.1, 0.15) is 0 Å². The second kappa shape index (κ2) is 6.60. The topological polar surface area (TPSA) is 0 Å². The molecule has 0 heteroatoms. The first-order valence-electron chi connectivity index (χ1n) is 4.12. The maximum absolute atomic E-state index is 3.74. The lowest BCUT2D eigenvalue weighted by Gasteiger charge is -1.98. The lowest BCUT2D eigenvalue weighted by Crippen LogP contribution is -1.78. The van der Waals surface area contributed by atoms with Crippen LogP contribution in [0.4, 0.5) is 0 Å². The van der Waals surface area contributed by atoms with Gasteiger partial charge in [-0.3, -0.25) is 0 Å². The van der Waals surface area contributed by atoms with Crippen LogP contribution >= 0.6 is 0 Å². The SMILES string of the molecule is C=CC(=CC)CCCCC. The van der Waals surface area contributed by atoms with E-state index in [2.05, 4.69) is 26.5 Å². The molecule has 0 unspecified atom stereocenters. The Kier molecular flexibility index (Phi) is 6.25. The number of unbranched alkanes of at least 4 members (excludes halogenated alkanes) is 2. The van der Waals surface area contributed by atoms with Gasteiger partial charge in [-0.25, -0.2) is 0 Å². The quantitative estimate of drug-likeness (QED) is 0.401. The van der Waals surface area contributed by atoms with Crippen LogP contribution < -0.4 is 0 Å². The van der Waals surface area contributed by atoms with Crippen molar-refractivity contribution in [2.75, 3.05) is 0 Å². The average molecular weight is 138 g/mol. The lowest BCUT2D eigenvalue weighted by molar-refractivity contribution is 0.719. The van der Waals surface area contributed by atoms with E-state index >= 15 is 0 Å². The molecule has 0 bridgehead atoms. The average Bonchev–Trinajstić information content (AvgIpc) is 1.99. The van der Waals surface area contributed by atoms with E-state index in [0.29, 0.717) is 0 Å². The van der Waals surface area contributed by atoms with E-state index in [1.165, 1.54) is 31.3 Å². The highest BCUT2D eigenvalue weighted by molar-refractivity contribution is 5.14. The summed E-state index contributed by atoms with van der Waals surface area (Å²) in [5, 5.41) is 0. The molecule has 0 aliphatic rings. The van der Waals surface area contributed by atoms with Gasteiger partial charge in [-0.1, -0.05) is 44.1 Å². The molecule has 0 radical (unpaired) electrons. The zero-order valence-corrected chi connectivity index (χ0v) is 7.19. The molecule has 0 saturated carbocycles. The molecule has 58 valence electrons. The van der Waals surface area contributed by atoms with Crippen molar-refractivity contribution in [1.82, 2.24) is 0 Å². The first-order valence-corrected chi connectivity index (χ1v) is 4.12. The number of hydrogen-bond acceptors (Lipinski definition) is 0. The van der Waals surface area contributed by atoms with Gasteiger partial charge in [0.25, 0.3) is 0 Å². The summed E-state index contributed by atoms with van der Waals surface area (Å²) in [7, 11) is 0. The van der Waals surface area contributed by atoms with Gasteiger partial charge in [0.2, 0.25) is 0 Å². The Bertz CT molecular complexity index is 109. The molecule has 10 heavy (non-hydrogen) atoms. The first kappa shape index (κ1) is 9.48. The summed E-state index contributed by atoms with van der Waals surface area (Å²) < 4.78 is 0. The summed E-state index contributed by atoms with van der Waals surface area (Å²) >= 11 is 0. The van der Waals surface area contributed by atoms with Crippen molar-refractivity contribution in [2.45, 2.75) is 39.5 Å². The van der Waals surface area contributed by atoms with E-state index in [-0.39, 0.29) is 0 Å². The van der Waals surface area contributed by atoms with Gasteiger partial charge in [0.15, 0.2) is 0 Å². The molecule has 0 aliphatic heterocycles. The van der Waals surface area contributed by atoms with Crippen molar-refractivity contribution < 1.29 is 0 Å². The van der Waals surface area contributed by atoms with Crippen LogP contribution in [0.25, 0.3) is 0 Å². The lowest BCUT2D eigenvalue weighted by atomic mass is 10.1. The fourth-order valence-electron chi connectivity index (χ4n) is 0.943. The molecule has 0 N–H and O–H groups in total. The summed E-state index contributed by atoms with van der Waals surface area (Å²) in [6.45, 7) is 8.04. The largest absolute Gasteiger partial charge is 0.0988 e. The normalized spacial score (nSPS) is 11.6. The molecule has 0 atom stereocenters. The number of hydrogen-bond donors (Lipinski definition) is 0. The van der Waals surface area contributed by atoms with Gasteiger partial charge in [-0.2, -0.15) is 0 Å². The third-order valence-corrected chi connectivity index (χ3v) is 1.70. The number of rotatable bonds is 5. The Labute approximate surface area is 64.6 Å². The van der Waals surface area contributed by atoms with Crippen LogP contribution in [0, 0.1) is 0 Å². The minimum Gasteiger partial charge on any atom is -0.0988 e. The van der Waals surface area contributed by atoms with Gasteiger partial charge in [0.05, 0.1) is 0 Å². The van der Waals surface area contributed by atoms with E-state index in [0.717, 1.165) is 0 Å². The van der Waals surface area contributed by atoms with Crippen LogP contribution in [0.5, 0.6) is 0 Å². The molecule has 0 saturated heterocycles. The zero-order valence-electron chi connectivity index (χ0n) is 7.19. The van der Waals surface area contributed by atoms with E-state index in [9.17, 15) is 0 Å². The molecule has 0 heterocycles. The van der Waals surface area contributed by atoms with Gasteiger partial charge in [-0.15, -0.1) is 0 Å². The van der Waals surface area contributed by atoms with Crippen molar-refractivity contribution in [3.05, 3.63) is 24.3 Å². The summed E-state index contributed by atoms with van der Waals surface area (Å²) in [6.07, 6.45) is 9.24. The van der Waals surface area contributed by atoms with Crippen LogP contribution in [-0.2, 0) is 0 Å². The molecule has 0 aromatic carbocycles. The van der Waals surface area contributed by atoms with Crippen molar-refractivity contribution in [3.8, 4) is 0 Å². The smallest absolute Gasteiger partial charge is 0.0282 e. The Hall–Kier alpha value is -0.520. The molecule has 0 aromatic rings. The Morgan fingerprint density at radius 2 is 2.10 bits per heavy atom. The molecule has 0 spiro atoms. The molecule has 0 aliphatic carbocycles. The van der Waals surface area contributed by atoms with Crippen LogP contribution in [0.1, 0.15) is 39.5 Å². The van der Waals surface area contributed by atoms with Crippen molar-refractivity contribution in [1.29, 1.82) is 0 Å². The fraction of sp³-hybridized carbons (Fsp3) is 0.600. The van der Waals surface area contributed by atoms with E-state index < -0.39 is 0 Å². The van der Waals surface area contributed by atoms with Crippen LogP contribution in [0.15, 0.2) is 24.3 Å². The second-order valence-corrected chi connectivity index (χ2v) is 2.52. The maximum atomic E-state index is 3.74. The molecule has 0 rings (SSSR count). The molecular formula is C10H18. The van der Waals surface area contributed by atoms with Gasteiger partial charge in [-0.05, 0) is 19.8 Å². The third-order valence-electron chi connectivity index (χ3n) is 1.70. The highest BCUT2D eigenvalue weighted by Gasteiger charge is 1.88. The van der Waals surface area contributed by atoms with E-state index in [4.69, 9.17) is 0 Å². The Morgan fingerprint density at radius 3 is 2.50 bits per heavy atom. The minimum atomic E-state index is 1.20. The van der Waals surface area contributed by atoms with Crippen LogP contribution in [0.2, 0.25) is 0 Å². The maximum Gasteiger partial charge on any atom is -0.0282 e. The highest BCUT2D eigenvalue weighted by atomic mass is 13.9. The van der Waals surface area contributed by atoms with Gasteiger partial charge >= 0.3 is 0 Å². The molecule has 0 aromatic heterocycles. The van der Waals surface area contributed by atoms with E-state index in [1.807, 2.05) is 6.08 Å². The van der Waals surface area contributed by atoms with Crippen LogP contribution in [-0.4, -0.2) is 0 Å². The second-order valence-electron chi connectivity index (χ2n) is 2.52.